The molecule has 2 aromatic rings. The summed E-state index contributed by atoms with van der Waals surface area (Å²) in [5.74, 6) is 0.868. The summed E-state index contributed by atoms with van der Waals surface area (Å²) in [5.41, 5.74) is 1.19. The molecule has 2 rings (SSSR count). The third-order valence-corrected chi connectivity index (χ3v) is 3.73. The number of halogens is 2. The zero-order valence-corrected chi connectivity index (χ0v) is 12.5. The normalized spacial score (nSPS) is 12.2. The summed E-state index contributed by atoms with van der Waals surface area (Å²) < 4.78 is 0.883. The maximum Gasteiger partial charge on any atom is 0.146 e. The van der Waals surface area contributed by atoms with Crippen LogP contribution < -0.4 is 4.90 Å². The maximum atomic E-state index is 5.90. The van der Waals surface area contributed by atoms with Crippen molar-refractivity contribution in [3.05, 3.63) is 51.8 Å². The molecule has 0 radical (unpaired) electrons. The van der Waals surface area contributed by atoms with Crippen LogP contribution in [0, 0.1) is 0 Å². The summed E-state index contributed by atoms with van der Waals surface area (Å²) >= 11 is 9.36. The molecule has 0 bridgehead atoms. The van der Waals surface area contributed by atoms with Crippen molar-refractivity contribution in [1.29, 1.82) is 0 Å². The van der Waals surface area contributed by atoms with Gasteiger partial charge in [0.2, 0.25) is 0 Å². The second-order valence-corrected chi connectivity index (χ2v) is 5.32. The minimum atomic E-state index is 0.202. The van der Waals surface area contributed by atoms with Crippen LogP contribution in [0.4, 0.5) is 5.82 Å². The molecule has 94 valence electrons. The van der Waals surface area contributed by atoms with E-state index in [4.69, 9.17) is 11.6 Å². The van der Waals surface area contributed by atoms with Crippen LogP contribution in [0.3, 0.4) is 0 Å². The molecule has 1 aromatic heterocycles. The lowest BCUT2D eigenvalue weighted by atomic mass is 10.1. The maximum absolute atomic E-state index is 5.90. The van der Waals surface area contributed by atoms with E-state index >= 15 is 0 Å². The number of nitrogens with zero attached hydrogens (tertiary/aromatic N) is 3. The summed E-state index contributed by atoms with van der Waals surface area (Å²) in [7, 11) is 2.01. The zero-order chi connectivity index (χ0) is 13.1. The molecular weight excluding hydrogens is 314 g/mol. The van der Waals surface area contributed by atoms with Crippen LogP contribution in [0.15, 0.2) is 41.3 Å². The highest BCUT2D eigenvalue weighted by Crippen LogP contribution is 2.29. The van der Waals surface area contributed by atoms with Gasteiger partial charge in [-0.1, -0.05) is 23.7 Å². The lowest BCUT2D eigenvalue weighted by Gasteiger charge is -2.27. The van der Waals surface area contributed by atoms with Crippen molar-refractivity contribution in [2.45, 2.75) is 13.0 Å². The van der Waals surface area contributed by atoms with Crippen molar-refractivity contribution in [2.24, 2.45) is 0 Å². The fourth-order valence-electron chi connectivity index (χ4n) is 1.71. The second-order valence-electron chi connectivity index (χ2n) is 4.03. The van der Waals surface area contributed by atoms with Crippen molar-refractivity contribution in [3.8, 4) is 0 Å². The Morgan fingerprint density at radius 2 is 1.94 bits per heavy atom. The first-order valence-electron chi connectivity index (χ1n) is 5.53. The van der Waals surface area contributed by atoms with Gasteiger partial charge in [-0.25, -0.2) is 9.97 Å². The fourth-order valence-corrected chi connectivity index (χ4v) is 2.34. The number of rotatable bonds is 3. The van der Waals surface area contributed by atoms with Gasteiger partial charge < -0.3 is 4.90 Å². The van der Waals surface area contributed by atoms with Crippen LogP contribution in [0.2, 0.25) is 5.02 Å². The Morgan fingerprint density at radius 1 is 1.28 bits per heavy atom. The molecule has 5 heteroatoms. The van der Waals surface area contributed by atoms with Gasteiger partial charge >= 0.3 is 0 Å². The lowest BCUT2D eigenvalue weighted by Crippen LogP contribution is -2.23. The molecule has 0 aliphatic carbocycles. The van der Waals surface area contributed by atoms with Gasteiger partial charge in [-0.15, -0.1) is 0 Å². The predicted molar refractivity (Wildman–Crippen MR) is 78.0 cm³/mol. The highest BCUT2D eigenvalue weighted by molar-refractivity contribution is 9.10. The summed E-state index contributed by atoms with van der Waals surface area (Å²) in [5, 5.41) is 0.747. The largest absolute Gasteiger partial charge is 0.352 e. The van der Waals surface area contributed by atoms with Gasteiger partial charge in [0, 0.05) is 18.3 Å². The third-order valence-electron chi connectivity index (χ3n) is 2.92. The van der Waals surface area contributed by atoms with Gasteiger partial charge in [-0.3, -0.25) is 0 Å². The van der Waals surface area contributed by atoms with Crippen LogP contribution in [0.25, 0.3) is 0 Å². The van der Waals surface area contributed by atoms with E-state index in [1.807, 2.05) is 31.3 Å². The minimum absolute atomic E-state index is 0.202. The number of hydrogen-bond acceptors (Lipinski definition) is 3. The van der Waals surface area contributed by atoms with E-state index in [1.165, 1.54) is 5.56 Å². The Balaban J connectivity index is 2.26. The van der Waals surface area contributed by atoms with Crippen molar-refractivity contribution in [2.75, 3.05) is 11.9 Å². The Kier molecular flexibility index (Phi) is 4.19. The zero-order valence-electron chi connectivity index (χ0n) is 10.1. The standard InChI is InChI=1S/C13H13BrClN3/c1-9(10-3-5-11(15)6-4-10)18(2)13-12(14)7-16-8-17-13/h3-9H,1-2H3. The minimum Gasteiger partial charge on any atom is -0.352 e. The average Bonchev–Trinajstić information content (AvgIpc) is 2.38. The first kappa shape index (κ1) is 13.3. The van der Waals surface area contributed by atoms with E-state index in [0.717, 1.165) is 15.3 Å². The highest BCUT2D eigenvalue weighted by atomic mass is 79.9. The van der Waals surface area contributed by atoms with Crippen molar-refractivity contribution in [3.63, 3.8) is 0 Å². The molecule has 0 spiro atoms. The molecule has 0 fully saturated rings. The SMILES string of the molecule is CC(c1ccc(Cl)cc1)N(C)c1ncncc1Br. The summed E-state index contributed by atoms with van der Waals surface area (Å²) in [6, 6.07) is 8.05. The van der Waals surface area contributed by atoms with E-state index in [9.17, 15) is 0 Å². The molecule has 0 N–H and O–H groups in total. The quantitative estimate of drug-likeness (QED) is 0.850. The molecule has 1 atom stereocenters. The molecule has 0 saturated heterocycles. The summed E-state index contributed by atoms with van der Waals surface area (Å²) in [4.78, 5) is 10.3. The van der Waals surface area contributed by atoms with Crippen LogP contribution >= 0.6 is 27.5 Å². The van der Waals surface area contributed by atoms with Crippen LogP contribution in [0.5, 0.6) is 0 Å². The van der Waals surface area contributed by atoms with Crippen molar-refractivity contribution < 1.29 is 0 Å². The Morgan fingerprint density at radius 3 is 2.56 bits per heavy atom. The highest BCUT2D eigenvalue weighted by Gasteiger charge is 2.15. The molecule has 1 unspecified atom stereocenters. The molecule has 1 aromatic carbocycles. The Labute approximate surface area is 120 Å². The van der Waals surface area contributed by atoms with Gasteiger partial charge in [-0.2, -0.15) is 0 Å². The van der Waals surface area contributed by atoms with Gasteiger partial charge in [-0.05, 0) is 40.5 Å². The molecule has 1 heterocycles. The number of aromatic nitrogens is 2. The van der Waals surface area contributed by atoms with Gasteiger partial charge in [0.05, 0.1) is 10.5 Å². The molecule has 3 nitrogen and oxygen atoms in total. The van der Waals surface area contributed by atoms with Crippen LogP contribution in [0.1, 0.15) is 18.5 Å². The van der Waals surface area contributed by atoms with Crippen LogP contribution in [-0.4, -0.2) is 17.0 Å². The number of benzene rings is 1. The second kappa shape index (κ2) is 5.67. The Bertz CT molecular complexity index is 530. The van der Waals surface area contributed by atoms with Gasteiger partial charge in [0.1, 0.15) is 12.1 Å². The predicted octanol–water partition coefficient (Wildman–Crippen LogP) is 4.09. The Hall–Kier alpha value is -1.13. The topological polar surface area (TPSA) is 29.0 Å². The van der Waals surface area contributed by atoms with Crippen molar-refractivity contribution >= 4 is 33.3 Å². The monoisotopic (exact) mass is 325 g/mol. The average molecular weight is 327 g/mol. The first-order valence-corrected chi connectivity index (χ1v) is 6.70. The van der Waals surface area contributed by atoms with E-state index in [1.54, 1.807) is 12.5 Å². The van der Waals surface area contributed by atoms with Crippen LogP contribution in [-0.2, 0) is 0 Å². The van der Waals surface area contributed by atoms with E-state index in [2.05, 4.69) is 37.7 Å². The van der Waals surface area contributed by atoms with E-state index in [0.29, 0.717) is 0 Å². The van der Waals surface area contributed by atoms with E-state index in [-0.39, 0.29) is 6.04 Å². The third kappa shape index (κ3) is 2.82. The van der Waals surface area contributed by atoms with E-state index < -0.39 is 0 Å². The molecule has 0 aliphatic heterocycles. The molecule has 0 aliphatic rings. The molecular formula is C13H13BrClN3. The summed E-state index contributed by atoms with van der Waals surface area (Å²) in [6.07, 6.45) is 3.29. The number of anilines is 1. The lowest BCUT2D eigenvalue weighted by molar-refractivity contribution is 0.725. The smallest absolute Gasteiger partial charge is 0.146 e. The fraction of sp³-hybridized carbons (Fsp3) is 0.231. The van der Waals surface area contributed by atoms with Crippen molar-refractivity contribution in [1.82, 2.24) is 9.97 Å². The molecule has 0 saturated carbocycles. The summed E-state index contributed by atoms with van der Waals surface area (Å²) in [6.45, 7) is 2.12. The first-order chi connectivity index (χ1) is 8.59. The molecule has 18 heavy (non-hydrogen) atoms. The number of hydrogen-bond donors (Lipinski definition) is 0. The molecule has 0 amide bonds. The van der Waals surface area contributed by atoms with Gasteiger partial charge in [0.25, 0.3) is 0 Å². The van der Waals surface area contributed by atoms with Gasteiger partial charge in [0.15, 0.2) is 0 Å².